The zero-order valence-corrected chi connectivity index (χ0v) is 14.6. The highest BCUT2D eigenvalue weighted by molar-refractivity contribution is 7.95. The summed E-state index contributed by atoms with van der Waals surface area (Å²) in [7, 11) is -1.43. The van der Waals surface area contributed by atoms with Crippen molar-refractivity contribution >= 4 is 26.1 Å². The van der Waals surface area contributed by atoms with Gasteiger partial charge in [0.2, 0.25) is 0 Å². The van der Waals surface area contributed by atoms with E-state index in [1.54, 1.807) is 0 Å². The molecular weight excluding hydrogens is 300 g/mol. The number of hydrogen-bond acceptors (Lipinski definition) is 4. The van der Waals surface area contributed by atoms with Gasteiger partial charge >= 0.3 is 5.97 Å². The zero-order chi connectivity index (χ0) is 15.7. The minimum atomic E-state index is -1.43. The van der Waals surface area contributed by atoms with Crippen LogP contribution in [0.4, 0.5) is 0 Å². The second-order valence-corrected chi connectivity index (χ2v) is 11.3. The monoisotopic (exact) mass is 322 g/mol. The van der Waals surface area contributed by atoms with Gasteiger partial charge in [-0.05, 0) is 18.6 Å². The van der Waals surface area contributed by atoms with Crippen molar-refractivity contribution in [1.82, 2.24) is 0 Å². The lowest BCUT2D eigenvalue weighted by Crippen LogP contribution is -2.18. The molecule has 0 heterocycles. The molecule has 0 aromatic heterocycles. The lowest BCUT2D eigenvalue weighted by molar-refractivity contribution is -0.137. The Morgan fingerprint density at radius 1 is 1.33 bits per heavy atom. The van der Waals surface area contributed by atoms with Crippen molar-refractivity contribution in [2.75, 3.05) is 6.61 Å². The molecule has 0 aliphatic heterocycles. The van der Waals surface area contributed by atoms with Gasteiger partial charge in [-0.1, -0.05) is 37.8 Å². The predicted octanol–water partition coefficient (Wildman–Crippen LogP) is 3.51. The van der Waals surface area contributed by atoms with E-state index >= 15 is 0 Å². The van der Waals surface area contributed by atoms with Gasteiger partial charge < -0.3 is 9.29 Å². The first kappa shape index (κ1) is 17.8. The van der Waals surface area contributed by atoms with Gasteiger partial charge in [0.15, 0.2) is 0 Å². The highest BCUT2D eigenvalue weighted by atomic mass is 32.2. The molecule has 1 rings (SSSR count). The van der Waals surface area contributed by atoms with E-state index in [0.29, 0.717) is 12.8 Å². The summed E-state index contributed by atoms with van der Waals surface area (Å²) >= 11 is 1.05. The van der Waals surface area contributed by atoms with E-state index in [4.69, 9.17) is 9.29 Å². The smallest absolute Gasteiger partial charge is 0.322 e. The Morgan fingerprint density at radius 3 is 2.57 bits per heavy atom. The maximum Gasteiger partial charge on any atom is 0.322 e. The van der Waals surface area contributed by atoms with Crippen LogP contribution in [0.25, 0.3) is 0 Å². The summed E-state index contributed by atoms with van der Waals surface area (Å²) in [5.41, 5.74) is 3.23. The number of aliphatic hydroxyl groups excluding tert-OH is 1. The molecule has 1 atom stereocenters. The highest BCUT2D eigenvalue weighted by Crippen LogP contribution is 2.22. The molecule has 1 unspecified atom stereocenters. The van der Waals surface area contributed by atoms with Crippen LogP contribution < -0.4 is 0 Å². The quantitative estimate of drug-likeness (QED) is 0.495. The van der Waals surface area contributed by atoms with Gasteiger partial charge in [-0.25, -0.2) is 0 Å². The Bertz CT molecular complexity index is 500. The summed E-state index contributed by atoms with van der Waals surface area (Å²) in [6.07, 6.45) is 0.827. The van der Waals surface area contributed by atoms with E-state index in [0.717, 1.165) is 16.9 Å². The average molecular weight is 323 g/mol. The zero-order valence-electron chi connectivity index (χ0n) is 12.8. The largest absolute Gasteiger partial charge is 0.396 e. The molecule has 0 aliphatic rings. The first-order valence-electron chi connectivity index (χ1n) is 6.96. The normalized spacial score (nSPS) is 12.2. The molecule has 0 fully saturated rings. The standard InChI is InChI=1S/C16H22O3SSi/c1-21(2,3)13-7-8-14(11-12-17)16(18)19-20-15-9-5-4-6-10-15/h4-6,9-10,14,17H,8,11-12H2,1-3H3. The molecule has 1 aromatic carbocycles. The van der Waals surface area contributed by atoms with Gasteiger partial charge in [0.1, 0.15) is 8.07 Å². The van der Waals surface area contributed by atoms with Crippen molar-refractivity contribution in [3.05, 3.63) is 30.3 Å². The summed E-state index contributed by atoms with van der Waals surface area (Å²) in [4.78, 5) is 12.9. The number of aliphatic hydroxyl groups is 1. The molecule has 1 aromatic rings. The van der Waals surface area contributed by atoms with Gasteiger partial charge in [-0.2, -0.15) is 0 Å². The van der Waals surface area contributed by atoms with E-state index in [1.807, 2.05) is 30.3 Å². The van der Waals surface area contributed by atoms with Crippen LogP contribution in [0.15, 0.2) is 35.2 Å². The van der Waals surface area contributed by atoms with Gasteiger partial charge in [0.05, 0.1) is 18.0 Å². The number of hydrogen-bond donors (Lipinski definition) is 1. The third kappa shape index (κ3) is 7.95. The lowest BCUT2D eigenvalue weighted by atomic mass is 10.0. The van der Waals surface area contributed by atoms with E-state index < -0.39 is 8.07 Å². The molecule has 114 valence electrons. The molecule has 0 radical (unpaired) electrons. The van der Waals surface area contributed by atoms with Crippen molar-refractivity contribution in [2.45, 2.75) is 37.4 Å². The Morgan fingerprint density at radius 2 is 2.00 bits per heavy atom. The summed E-state index contributed by atoms with van der Waals surface area (Å²) in [5.74, 6) is 2.40. The summed E-state index contributed by atoms with van der Waals surface area (Å²) < 4.78 is 5.24. The van der Waals surface area contributed by atoms with Crippen LogP contribution in [-0.2, 0) is 8.98 Å². The number of benzene rings is 1. The predicted molar refractivity (Wildman–Crippen MR) is 89.3 cm³/mol. The highest BCUT2D eigenvalue weighted by Gasteiger charge is 2.19. The fourth-order valence-electron chi connectivity index (χ4n) is 1.53. The average Bonchev–Trinajstić information content (AvgIpc) is 2.44. The second-order valence-electron chi connectivity index (χ2n) is 5.76. The van der Waals surface area contributed by atoms with E-state index in [1.165, 1.54) is 0 Å². The van der Waals surface area contributed by atoms with Crippen molar-refractivity contribution in [3.63, 3.8) is 0 Å². The van der Waals surface area contributed by atoms with Crippen molar-refractivity contribution < 1.29 is 14.1 Å². The van der Waals surface area contributed by atoms with Crippen LogP contribution in [0.2, 0.25) is 19.6 Å². The molecule has 5 heteroatoms. The fraction of sp³-hybridized carbons (Fsp3) is 0.438. The molecule has 0 bridgehead atoms. The molecular formula is C16H22O3SSi. The Balaban J connectivity index is 2.54. The van der Waals surface area contributed by atoms with Crippen LogP contribution in [0.5, 0.6) is 0 Å². The van der Waals surface area contributed by atoms with Crippen LogP contribution in [0, 0.1) is 17.4 Å². The lowest BCUT2D eigenvalue weighted by Gasteiger charge is -2.11. The fourth-order valence-corrected chi connectivity index (χ4v) is 2.75. The minimum Gasteiger partial charge on any atom is -0.396 e. The molecule has 0 saturated carbocycles. The molecule has 0 aliphatic carbocycles. The summed E-state index contributed by atoms with van der Waals surface area (Å²) in [6.45, 7) is 6.43. The molecule has 0 saturated heterocycles. The van der Waals surface area contributed by atoms with Gasteiger partial charge in [-0.15, -0.1) is 11.5 Å². The van der Waals surface area contributed by atoms with Gasteiger partial charge in [0, 0.05) is 17.9 Å². The van der Waals surface area contributed by atoms with E-state index in [2.05, 4.69) is 31.1 Å². The van der Waals surface area contributed by atoms with Crippen molar-refractivity contribution in [3.8, 4) is 11.5 Å². The maximum atomic E-state index is 12.1. The Hall–Kier alpha value is -1.22. The number of carbonyl (C=O) groups is 1. The SMILES string of the molecule is C[Si](C)(C)C#CCC(CCO)C(=O)OSc1ccccc1. The maximum absolute atomic E-state index is 12.1. The second kappa shape index (κ2) is 8.93. The Labute approximate surface area is 132 Å². The van der Waals surface area contributed by atoms with E-state index in [9.17, 15) is 4.79 Å². The first-order valence-corrected chi connectivity index (χ1v) is 11.2. The third-order valence-corrected chi connectivity index (χ3v) is 4.22. The van der Waals surface area contributed by atoms with E-state index in [-0.39, 0.29) is 18.5 Å². The van der Waals surface area contributed by atoms with Crippen molar-refractivity contribution in [1.29, 1.82) is 0 Å². The van der Waals surface area contributed by atoms with Crippen molar-refractivity contribution in [2.24, 2.45) is 5.92 Å². The first-order chi connectivity index (χ1) is 9.92. The van der Waals surface area contributed by atoms with Crippen LogP contribution in [0.1, 0.15) is 12.8 Å². The van der Waals surface area contributed by atoms with Crippen LogP contribution >= 0.6 is 12.0 Å². The third-order valence-electron chi connectivity index (χ3n) is 2.59. The number of carbonyl (C=O) groups excluding carboxylic acids is 1. The van der Waals surface area contributed by atoms with Crippen LogP contribution in [-0.4, -0.2) is 25.8 Å². The summed E-state index contributed by atoms with van der Waals surface area (Å²) in [5, 5.41) is 9.08. The number of rotatable bonds is 6. The molecule has 1 N–H and O–H groups in total. The topological polar surface area (TPSA) is 46.5 Å². The minimum absolute atomic E-state index is 0.0373. The molecule has 3 nitrogen and oxygen atoms in total. The molecule has 21 heavy (non-hydrogen) atoms. The molecule has 0 spiro atoms. The van der Waals surface area contributed by atoms with Gasteiger partial charge in [0.25, 0.3) is 0 Å². The Kier molecular flexibility index (Phi) is 7.58. The van der Waals surface area contributed by atoms with Gasteiger partial charge in [-0.3, -0.25) is 4.79 Å². The summed E-state index contributed by atoms with van der Waals surface area (Å²) in [6, 6.07) is 9.45. The van der Waals surface area contributed by atoms with Crippen LogP contribution in [0.3, 0.4) is 0 Å². The molecule has 0 amide bonds.